The molecule has 1 aliphatic heterocycles. The van der Waals surface area contributed by atoms with E-state index in [2.05, 4.69) is 19.9 Å². The number of carbonyl (C=O) groups is 1. The lowest BCUT2D eigenvalue weighted by Crippen LogP contribution is -2.47. The number of fused-ring (bicyclic) bond motifs is 1. The van der Waals surface area contributed by atoms with Gasteiger partial charge in [0.25, 0.3) is 0 Å². The van der Waals surface area contributed by atoms with Crippen LogP contribution in [0.25, 0.3) is 11.0 Å². The van der Waals surface area contributed by atoms with Gasteiger partial charge in [0.15, 0.2) is 5.82 Å². The number of hydrogen-bond donors (Lipinski definition) is 2. The molecule has 0 radical (unpaired) electrons. The summed E-state index contributed by atoms with van der Waals surface area (Å²) in [6.07, 6.45) is 1.82. The Balaban J connectivity index is 1.38. The number of aliphatic hydroxyl groups excluding tert-OH is 1. The predicted molar refractivity (Wildman–Crippen MR) is 123 cm³/mol. The molecule has 0 bridgehead atoms. The van der Waals surface area contributed by atoms with Crippen molar-refractivity contribution in [3.63, 3.8) is 0 Å². The zero-order valence-electron chi connectivity index (χ0n) is 19.8. The van der Waals surface area contributed by atoms with E-state index in [0.29, 0.717) is 43.1 Å². The van der Waals surface area contributed by atoms with E-state index in [9.17, 15) is 23.1 Å². The maximum atomic E-state index is 15.3. The molecular weight excluding hydrogens is 496 g/mol. The third-order valence-corrected chi connectivity index (χ3v) is 6.77. The number of hydrogen-bond acceptors (Lipinski definition) is 8. The van der Waals surface area contributed by atoms with Gasteiger partial charge in [-0.2, -0.15) is 13.2 Å². The van der Waals surface area contributed by atoms with E-state index in [4.69, 9.17) is 5.73 Å². The summed E-state index contributed by atoms with van der Waals surface area (Å²) >= 11 is 0. The van der Waals surface area contributed by atoms with Gasteiger partial charge < -0.3 is 20.3 Å². The first kappa shape index (κ1) is 25.3. The average Bonchev–Trinajstić information content (AvgIpc) is 3.63. The molecule has 1 saturated heterocycles. The second-order valence-corrected chi connectivity index (χ2v) is 9.61. The van der Waals surface area contributed by atoms with Crippen LogP contribution in [0.4, 0.5) is 23.4 Å². The Morgan fingerprint density at radius 1 is 1.16 bits per heavy atom. The topological polar surface area (TPSA) is 126 Å². The van der Waals surface area contributed by atoms with Crippen LogP contribution >= 0.6 is 0 Å². The van der Waals surface area contributed by atoms with Crippen molar-refractivity contribution in [1.82, 2.24) is 29.4 Å². The molecule has 0 unspecified atom stereocenters. The molecule has 2 aliphatic rings. The van der Waals surface area contributed by atoms with Crippen LogP contribution in [0.3, 0.4) is 0 Å². The SMILES string of the molecule is NC(=O)CN1CC[C@H](Cn2cc(F)c3c(N(Cc4cnc(C(F)(F)F)nc4)C4CC4)ncnc32)[C@@H](O)C1. The van der Waals surface area contributed by atoms with Crippen molar-refractivity contribution < 1.29 is 27.5 Å². The van der Waals surface area contributed by atoms with Gasteiger partial charge in [0, 0.05) is 55.7 Å². The number of primary amides is 1. The van der Waals surface area contributed by atoms with E-state index >= 15 is 4.39 Å². The van der Waals surface area contributed by atoms with Crippen molar-refractivity contribution >= 4 is 22.8 Å². The normalized spacial score (nSPS) is 20.9. The largest absolute Gasteiger partial charge is 0.451 e. The zero-order chi connectivity index (χ0) is 26.3. The lowest BCUT2D eigenvalue weighted by molar-refractivity contribution is -0.145. The summed E-state index contributed by atoms with van der Waals surface area (Å²) < 4.78 is 55.4. The van der Waals surface area contributed by atoms with Crippen LogP contribution in [-0.4, -0.2) is 72.2 Å². The van der Waals surface area contributed by atoms with Crippen LogP contribution in [-0.2, 0) is 24.1 Å². The van der Waals surface area contributed by atoms with Gasteiger partial charge >= 0.3 is 6.18 Å². The number of nitrogens with two attached hydrogens (primary N) is 1. The van der Waals surface area contributed by atoms with Crippen LogP contribution in [0, 0.1) is 11.7 Å². The number of piperidine rings is 1. The van der Waals surface area contributed by atoms with Crippen LogP contribution in [0.15, 0.2) is 24.9 Å². The molecule has 0 aromatic carbocycles. The molecule has 10 nitrogen and oxygen atoms in total. The summed E-state index contributed by atoms with van der Waals surface area (Å²) in [5, 5.41) is 10.8. The van der Waals surface area contributed by atoms with Crippen molar-refractivity contribution in [3.8, 4) is 0 Å². The molecule has 37 heavy (non-hydrogen) atoms. The van der Waals surface area contributed by atoms with E-state index < -0.39 is 29.8 Å². The van der Waals surface area contributed by atoms with Crippen molar-refractivity contribution in [2.75, 3.05) is 24.5 Å². The first-order chi connectivity index (χ1) is 17.6. The van der Waals surface area contributed by atoms with E-state index in [1.807, 2.05) is 4.90 Å². The number of nitrogens with zero attached hydrogens (tertiary/aromatic N) is 7. The zero-order valence-corrected chi connectivity index (χ0v) is 19.8. The van der Waals surface area contributed by atoms with Gasteiger partial charge in [0.2, 0.25) is 11.7 Å². The minimum Gasteiger partial charge on any atom is -0.391 e. The number of aromatic nitrogens is 5. The number of β-amino-alcohol motifs (C(OH)–C–C–N with tert-alkyl or cyclic N) is 1. The molecule has 1 saturated carbocycles. The highest BCUT2D eigenvalue weighted by molar-refractivity contribution is 5.89. The molecule has 1 aliphatic carbocycles. The van der Waals surface area contributed by atoms with Gasteiger partial charge in [-0.3, -0.25) is 9.69 Å². The third-order valence-electron chi connectivity index (χ3n) is 6.77. The summed E-state index contributed by atoms with van der Waals surface area (Å²) in [5.41, 5.74) is 6.06. The van der Waals surface area contributed by atoms with E-state index in [1.54, 1.807) is 9.47 Å². The van der Waals surface area contributed by atoms with Gasteiger partial charge in [-0.1, -0.05) is 0 Å². The van der Waals surface area contributed by atoms with Crippen molar-refractivity contribution in [1.29, 1.82) is 0 Å². The van der Waals surface area contributed by atoms with Crippen molar-refractivity contribution in [2.24, 2.45) is 11.7 Å². The number of rotatable bonds is 8. The third kappa shape index (κ3) is 5.49. The maximum Gasteiger partial charge on any atom is 0.451 e. The molecular formula is C23H26F4N8O2. The molecule has 14 heteroatoms. The standard InChI is InChI=1S/C23H26F4N8O2/c24-16-9-34(8-14-3-4-33(10-17(14)36)11-18(28)37)20-19(16)21(32-12-31-20)35(15-1-2-15)7-13-5-29-22(30-6-13)23(25,26)27/h5-6,9,12,14-15,17,36H,1-4,7-8,10-11H2,(H2,28,37)/t14-,17+/m1/s1. The Kier molecular flexibility index (Phi) is 6.70. The quantitative estimate of drug-likeness (QED) is 0.429. The second-order valence-electron chi connectivity index (χ2n) is 9.61. The monoisotopic (exact) mass is 522 g/mol. The van der Waals surface area contributed by atoms with Crippen molar-refractivity contribution in [2.45, 2.75) is 50.7 Å². The number of likely N-dealkylation sites (tertiary alicyclic amines) is 1. The fourth-order valence-electron chi connectivity index (χ4n) is 4.84. The lowest BCUT2D eigenvalue weighted by atomic mass is 9.93. The Hall–Kier alpha value is -3.39. The first-order valence-corrected chi connectivity index (χ1v) is 11.9. The maximum absolute atomic E-state index is 15.3. The van der Waals surface area contributed by atoms with Crippen LogP contribution in [0.2, 0.25) is 0 Å². The number of alkyl halides is 3. The number of amides is 1. The molecule has 198 valence electrons. The second kappa shape index (κ2) is 9.82. The van der Waals surface area contributed by atoms with Gasteiger partial charge in [0.1, 0.15) is 17.8 Å². The van der Waals surface area contributed by atoms with Gasteiger partial charge in [-0.15, -0.1) is 0 Å². The average molecular weight is 523 g/mol. The Morgan fingerprint density at radius 2 is 1.89 bits per heavy atom. The summed E-state index contributed by atoms with van der Waals surface area (Å²) in [6.45, 7) is 1.43. The lowest BCUT2D eigenvalue weighted by Gasteiger charge is -2.35. The van der Waals surface area contributed by atoms with E-state index in [0.717, 1.165) is 25.2 Å². The van der Waals surface area contributed by atoms with Crippen LogP contribution in [0.1, 0.15) is 30.7 Å². The molecule has 2 atom stereocenters. The summed E-state index contributed by atoms with van der Waals surface area (Å²) in [5.74, 6) is -2.04. The summed E-state index contributed by atoms with van der Waals surface area (Å²) in [6, 6.07) is 0.0551. The highest BCUT2D eigenvalue weighted by atomic mass is 19.4. The molecule has 3 aromatic heterocycles. The van der Waals surface area contributed by atoms with Crippen LogP contribution < -0.4 is 10.6 Å². The highest BCUT2D eigenvalue weighted by Gasteiger charge is 2.36. The van der Waals surface area contributed by atoms with E-state index in [1.165, 1.54) is 12.5 Å². The van der Waals surface area contributed by atoms with Crippen LogP contribution in [0.5, 0.6) is 0 Å². The molecule has 2 fully saturated rings. The summed E-state index contributed by atoms with van der Waals surface area (Å²) in [4.78, 5) is 30.3. The van der Waals surface area contributed by atoms with Gasteiger partial charge in [0.05, 0.1) is 18.0 Å². The Bertz CT molecular complexity index is 1280. The molecule has 5 rings (SSSR count). The Morgan fingerprint density at radius 3 is 2.51 bits per heavy atom. The van der Waals surface area contributed by atoms with Crippen molar-refractivity contribution in [3.05, 3.63) is 42.1 Å². The molecule has 1 amide bonds. The van der Waals surface area contributed by atoms with Gasteiger partial charge in [-0.05, 0) is 25.8 Å². The molecule has 3 N–H and O–H groups in total. The smallest absolute Gasteiger partial charge is 0.391 e. The Labute approximate surface area is 209 Å². The fraction of sp³-hybridized carbons (Fsp3) is 0.522. The minimum absolute atomic E-state index is 0.0551. The number of halogens is 4. The molecule has 4 heterocycles. The number of carbonyl (C=O) groups excluding carboxylic acids is 1. The van der Waals surface area contributed by atoms with E-state index in [-0.39, 0.29) is 30.4 Å². The first-order valence-electron chi connectivity index (χ1n) is 11.9. The highest BCUT2D eigenvalue weighted by Crippen LogP contribution is 2.37. The number of aliphatic hydroxyl groups is 1. The predicted octanol–water partition coefficient (Wildman–Crippen LogP) is 1.72. The molecule has 0 spiro atoms. The fourth-order valence-corrected chi connectivity index (χ4v) is 4.84. The van der Waals surface area contributed by atoms with Gasteiger partial charge in [-0.25, -0.2) is 24.3 Å². The summed E-state index contributed by atoms with van der Waals surface area (Å²) in [7, 11) is 0. The molecule has 3 aromatic rings. The minimum atomic E-state index is -4.63. The number of anilines is 1.